The highest BCUT2D eigenvalue weighted by Crippen LogP contribution is 2.39. The molecule has 4 heterocycles. The lowest BCUT2D eigenvalue weighted by atomic mass is 10.1. The first-order valence-electron chi connectivity index (χ1n) is 7.33. The Labute approximate surface area is 156 Å². The van der Waals surface area contributed by atoms with E-state index in [0.717, 1.165) is 16.7 Å². The van der Waals surface area contributed by atoms with E-state index in [2.05, 4.69) is 25.1 Å². The molecule has 0 bridgehead atoms. The fraction of sp³-hybridized carbons (Fsp3) is 0.133. The maximum Gasteiger partial charge on any atom is 0.434 e. The number of alkyl halides is 3. The van der Waals surface area contributed by atoms with Crippen molar-refractivity contribution in [2.45, 2.75) is 13.1 Å². The summed E-state index contributed by atoms with van der Waals surface area (Å²) in [6, 6.07) is 1.66. The molecule has 0 aromatic carbocycles. The Balaban J connectivity index is 1.80. The quantitative estimate of drug-likeness (QED) is 0.547. The molecular formula is C15H8F3N5O2S2. The van der Waals surface area contributed by atoms with Crippen LogP contribution < -0.4 is 5.76 Å². The van der Waals surface area contributed by atoms with Crippen LogP contribution >= 0.6 is 22.7 Å². The minimum Gasteiger partial charge on any atom is -0.386 e. The third-order valence-electron chi connectivity index (χ3n) is 3.46. The number of rotatable bonds is 3. The first-order chi connectivity index (χ1) is 12.8. The first kappa shape index (κ1) is 17.5. The highest BCUT2D eigenvalue weighted by Gasteiger charge is 2.34. The number of H-pyrrole nitrogens is 1. The number of pyridine rings is 1. The lowest BCUT2D eigenvalue weighted by Gasteiger charge is -2.06. The standard InChI is InChI=1S/C15H8F3N5O2S2/c1-6-2-7(12-21-10(5-27-12)15(16,17)18)8(3-19-6)13-20-9(4-26-13)11-22-23-14(24)25-11/h2-5H,1H3,(H,23,24). The second-order valence-corrected chi connectivity index (χ2v) is 7.08. The van der Waals surface area contributed by atoms with E-state index < -0.39 is 17.6 Å². The number of nitrogens with one attached hydrogen (secondary N) is 1. The third kappa shape index (κ3) is 3.40. The fourth-order valence-electron chi connectivity index (χ4n) is 2.27. The van der Waals surface area contributed by atoms with Crippen LogP contribution in [-0.4, -0.2) is 25.1 Å². The van der Waals surface area contributed by atoms with Gasteiger partial charge in [0.05, 0.1) is 0 Å². The molecule has 0 saturated heterocycles. The summed E-state index contributed by atoms with van der Waals surface area (Å²) < 4.78 is 43.5. The van der Waals surface area contributed by atoms with E-state index in [1.807, 2.05) is 0 Å². The molecule has 0 fully saturated rings. The van der Waals surface area contributed by atoms with Gasteiger partial charge in [0.1, 0.15) is 15.7 Å². The van der Waals surface area contributed by atoms with Gasteiger partial charge in [-0.1, -0.05) is 0 Å². The largest absolute Gasteiger partial charge is 0.434 e. The molecule has 0 aliphatic heterocycles. The van der Waals surface area contributed by atoms with Crippen LogP contribution in [0.25, 0.3) is 32.7 Å². The van der Waals surface area contributed by atoms with Gasteiger partial charge < -0.3 is 4.42 Å². The van der Waals surface area contributed by atoms with Crippen molar-refractivity contribution in [2.24, 2.45) is 0 Å². The van der Waals surface area contributed by atoms with Crippen LogP contribution in [-0.2, 0) is 6.18 Å². The summed E-state index contributed by atoms with van der Waals surface area (Å²) in [5.74, 6) is -0.683. The molecule has 1 N–H and O–H groups in total. The Morgan fingerprint density at radius 2 is 1.85 bits per heavy atom. The number of nitrogens with zero attached hydrogens (tertiary/aromatic N) is 4. The summed E-state index contributed by atoms with van der Waals surface area (Å²) in [6.07, 6.45) is -2.98. The van der Waals surface area contributed by atoms with Gasteiger partial charge in [0, 0.05) is 33.8 Å². The van der Waals surface area contributed by atoms with Gasteiger partial charge in [-0.05, 0) is 13.0 Å². The molecule has 0 saturated carbocycles. The molecule has 7 nitrogen and oxygen atoms in total. The first-order valence-corrected chi connectivity index (χ1v) is 9.09. The number of halogens is 3. The Morgan fingerprint density at radius 3 is 2.52 bits per heavy atom. The minimum absolute atomic E-state index is 0.0257. The minimum atomic E-state index is -4.51. The Hall–Kier alpha value is -2.86. The molecule has 0 atom stereocenters. The maximum absolute atomic E-state index is 12.9. The molecule has 4 aromatic heterocycles. The van der Waals surface area contributed by atoms with Crippen LogP contribution in [0.4, 0.5) is 13.2 Å². The maximum atomic E-state index is 12.9. The highest BCUT2D eigenvalue weighted by molar-refractivity contribution is 7.14. The Morgan fingerprint density at radius 1 is 1.11 bits per heavy atom. The highest BCUT2D eigenvalue weighted by atomic mass is 32.1. The van der Waals surface area contributed by atoms with Crippen LogP contribution in [0.3, 0.4) is 0 Å². The Kier molecular flexibility index (Phi) is 4.15. The number of thiazole rings is 2. The van der Waals surface area contributed by atoms with Gasteiger partial charge in [-0.25, -0.2) is 19.9 Å². The van der Waals surface area contributed by atoms with E-state index in [0.29, 0.717) is 27.5 Å². The monoisotopic (exact) mass is 411 g/mol. The molecule has 0 amide bonds. The molecule has 138 valence electrons. The van der Waals surface area contributed by atoms with Crippen molar-refractivity contribution in [3.8, 4) is 32.7 Å². The molecule has 4 aromatic rings. The van der Waals surface area contributed by atoms with Gasteiger partial charge in [-0.2, -0.15) is 13.2 Å². The van der Waals surface area contributed by atoms with Crippen molar-refractivity contribution < 1.29 is 17.6 Å². The molecule has 0 spiro atoms. The summed E-state index contributed by atoms with van der Waals surface area (Å²) in [4.78, 5) is 23.4. The number of hydrogen-bond acceptors (Lipinski definition) is 8. The van der Waals surface area contributed by atoms with Crippen molar-refractivity contribution in [1.29, 1.82) is 0 Å². The zero-order valence-corrected chi connectivity index (χ0v) is 15.0. The predicted octanol–water partition coefficient (Wildman–Crippen LogP) is 4.00. The smallest absolute Gasteiger partial charge is 0.386 e. The van der Waals surface area contributed by atoms with Crippen LogP contribution in [0.15, 0.2) is 32.2 Å². The zero-order chi connectivity index (χ0) is 19.2. The Bertz CT molecular complexity index is 1170. The van der Waals surface area contributed by atoms with Crippen molar-refractivity contribution >= 4 is 22.7 Å². The third-order valence-corrected chi connectivity index (χ3v) is 5.21. The number of aromatic amines is 1. The molecule has 12 heteroatoms. The normalized spacial score (nSPS) is 11.9. The van der Waals surface area contributed by atoms with Gasteiger partial charge in [-0.3, -0.25) is 4.98 Å². The lowest BCUT2D eigenvalue weighted by Crippen LogP contribution is -2.04. The van der Waals surface area contributed by atoms with E-state index >= 15 is 0 Å². The summed E-state index contributed by atoms with van der Waals surface area (Å²) in [6.45, 7) is 1.73. The summed E-state index contributed by atoms with van der Waals surface area (Å²) in [5, 5.41) is 9.15. The average molecular weight is 411 g/mol. The second kappa shape index (κ2) is 6.39. The van der Waals surface area contributed by atoms with E-state index in [1.54, 1.807) is 18.4 Å². The van der Waals surface area contributed by atoms with Gasteiger partial charge in [0.15, 0.2) is 5.69 Å². The van der Waals surface area contributed by atoms with Crippen LogP contribution in [0.1, 0.15) is 11.4 Å². The summed E-state index contributed by atoms with van der Waals surface area (Å²) in [5.41, 5.74) is 1.04. The van der Waals surface area contributed by atoms with E-state index in [9.17, 15) is 18.0 Å². The van der Waals surface area contributed by atoms with E-state index in [4.69, 9.17) is 4.42 Å². The topological polar surface area (TPSA) is 97.6 Å². The summed E-state index contributed by atoms with van der Waals surface area (Å²) >= 11 is 2.12. The van der Waals surface area contributed by atoms with Crippen molar-refractivity contribution in [2.75, 3.05) is 0 Å². The van der Waals surface area contributed by atoms with E-state index in [-0.39, 0.29) is 10.9 Å². The zero-order valence-electron chi connectivity index (χ0n) is 13.4. The van der Waals surface area contributed by atoms with Crippen LogP contribution in [0.2, 0.25) is 0 Å². The average Bonchev–Trinajstić information content (AvgIpc) is 3.34. The molecule has 0 radical (unpaired) electrons. The number of hydrogen-bond donors (Lipinski definition) is 1. The molecule has 0 aliphatic carbocycles. The fourth-order valence-corrected chi connectivity index (χ4v) is 3.94. The summed E-state index contributed by atoms with van der Waals surface area (Å²) in [7, 11) is 0. The molecule has 4 rings (SSSR count). The van der Waals surface area contributed by atoms with Gasteiger partial charge in [-0.15, -0.1) is 27.8 Å². The van der Waals surface area contributed by atoms with Crippen LogP contribution in [0, 0.1) is 6.92 Å². The molecule has 0 unspecified atom stereocenters. The van der Waals surface area contributed by atoms with Crippen molar-refractivity contribution in [3.63, 3.8) is 0 Å². The number of aryl methyl sites for hydroxylation is 1. The molecular weight excluding hydrogens is 403 g/mol. The van der Waals surface area contributed by atoms with Crippen molar-refractivity contribution in [1.82, 2.24) is 25.1 Å². The second-order valence-electron chi connectivity index (χ2n) is 5.36. The number of aromatic nitrogens is 5. The van der Waals surface area contributed by atoms with Gasteiger partial charge >= 0.3 is 11.9 Å². The molecule has 27 heavy (non-hydrogen) atoms. The van der Waals surface area contributed by atoms with E-state index in [1.165, 1.54) is 17.5 Å². The molecule has 0 aliphatic rings. The predicted molar refractivity (Wildman–Crippen MR) is 92.3 cm³/mol. The lowest BCUT2D eigenvalue weighted by molar-refractivity contribution is -0.140. The SMILES string of the molecule is Cc1cc(-c2nc(C(F)(F)F)cs2)c(-c2nc(-c3n[nH]c(=O)o3)cs2)cn1. The van der Waals surface area contributed by atoms with Crippen molar-refractivity contribution in [3.05, 3.63) is 45.0 Å². The van der Waals surface area contributed by atoms with Gasteiger partial charge in [0.25, 0.3) is 5.89 Å². The van der Waals surface area contributed by atoms with Gasteiger partial charge in [0.2, 0.25) is 0 Å². The van der Waals surface area contributed by atoms with Crippen LogP contribution in [0.5, 0.6) is 0 Å².